The van der Waals surface area contributed by atoms with E-state index in [0.717, 1.165) is 12.8 Å². The molecular formula is C12H24N2O4S. The molecule has 0 bridgehead atoms. The van der Waals surface area contributed by atoms with Gasteiger partial charge in [-0.3, -0.25) is 4.79 Å². The molecule has 0 heterocycles. The first kappa shape index (κ1) is 16.4. The van der Waals surface area contributed by atoms with Crippen molar-refractivity contribution in [1.82, 2.24) is 9.03 Å². The fourth-order valence-corrected chi connectivity index (χ4v) is 3.36. The standard InChI is InChI=1S/C12H24N2O4S/c1-4-14(8-10-5-6-10)19(17,18)13-11(12(15)16)7-9(2)3/h9-11,13H,4-8H2,1-3H3,(H,15,16). The van der Waals surface area contributed by atoms with E-state index < -0.39 is 22.2 Å². The molecule has 1 rings (SSSR count). The molecule has 0 radical (unpaired) electrons. The number of nitrogens with one attached hydrogen (secondary N) is 1. The number of carboxylic acid groups (broad SMARTS) is 1. The molecule has 0 amide bonds. The average Bonchev–Trinajstić information content (AvgIpc) is 3.07. The van der Waals surface area contributed by atoms with Crippen molar-refractivity contribution in [2.45, 2.75) is 46.1 Å². The van der Waals surface area contributed by atoms with Gasteiger partial charge in [0.05, 0.1) is 0 Å². The molecule has 0 aromatic heterocycles. The summed E-state index contributed by atoms with van der Waals surface area (Å²) in [6, 6.07) is -1.06. The van der Waals surface area contributed by atoms with Crippen LogP contribution in [0.5, 0.6) is 0 Å². The molecule has 19 heavy (non-hydrogen) atoms. The highest BCUT2D eigenvalue weighted by Crippen LogP contribution is 2.30. The minimum Gasteiger partial charge on any atom is -0.480 e. The van der Waals surface area contributed by atoms with Crippen LogP contribution in [0.1, 0.15) is 40.0 Å². The highest BCUT2D eigenvalue weighted by molar-refractivity contribution is 7.87. The Morgan fingerprint density at radius 1 is 1.42 bits per heavy atom. The van der Waals surface area contributed by atoms with Gasteiger partial charge in [0.1, 0.15) is 6.04 Å². The van der Waals surface area contributed by atoms with E-state index in [1.165, 1.54) is 4.31 Å². The van der Waals surface area contributed by atoms with Crippen molar-refractivity contribution in [3.05, 3.63) is 0 Å². The summed E-state index contributed by atoms with van der Waals surface area (Å²) < 4.78 is 28.0. The molecule has 112 valence electrons. The Kier molecular flexibility index (Phi) is 5.76. The third-order valence-electron chi connectivity index (χ3n) is 3.15. The molecule has 1 aliphatic carbocycles. The SMILES string of the molecule is CCN(CC1CC1)S(=O)(=O)NC(CC(C)C)C(=O)O. The van der Waals surface area contributed by atoms with Crippen LogP contribution in [0.4, 0.5) is 0 Å². The van der Waals surface area contributed by atoms with Gasteiger partial charge in [-0.1, -0.05) is 20.8 Å². The van der Waals surface area contributed by atoms with Crippen molar-refractivity contribution in [3.63, 3.8) is 0 Å². The highest BCUT2D eigenvalue weighted by Gasteiger charge is 2.32. The number of hydrogen-bond acceptors (Lipinski definition) is 3. The number of carbonyl (C=O) groups is 1. The molecular weight excluding hydrogens is 268 g/mol. The minimum absolute atomic E-state index is 0.113. The minimum atomic E-state index is -3.71. The van der Waals surface area contributed by atoms with Crippen LogP contribution in [-0.4, -0.2) is 42.9 Å². The lowest BCUT2D eigenvalue weighted by molar-refractivity contribution is -0.139. The van der Waals surface area contributed by atoms with E-state index in [1.54, 1.807) is 6.92 Å². The van der Waals surface area contributed by atoms with Gasteiger partial charge >= 0.3 is 5.97 Å². The first-order valence-corrected chi connectivity index (χ1v) is 8.20. The summed E-state index contributed by atoms with van der Waals surface area (Å²) in [6.45, 7) is 6.34. The third kappa shape index (κ3) is 5.46. The van der Waals surface area contributed by atoms with Crippen molar-refractivity contribution in [2.24, 2.45) is 11.8 Å². The van der Waals surface area contributed by atoms with Gasteiger partial charge in [0, 0.05) is 13.1 Å². The molecule has 1 aliphatic rings. The number of carboxylic acids is 1. The van der Waals surface area contributed by atoms with Crippen LogP contribution in [0.3, 0.4) is 0 Å². The Balaban J connectivity index is 2.70. The summed E-state index contributed by atoms with van der Waals surface area (Å²) >= 11 is 0. The molecule has 7 heteroatoms. The largest absolute Gasteiger partial charge is 0.480 e. The van der Waals surface area contributed by atoms with Gasteiger partial charge in [0.25, 0.3) is 10.2 Å². The van der Waals surface area contributed by atoms with Crippen molar-refractivity contribution in [3.8, 4) is 0 Å². The van der Waals surface area contributed by atoms with Crippen LogP contribution >= 0.6 is 0 Å². The van der Waals surface area contributed by atoms with Crippen LogP contribution in [0.15, 0.2) is 0 Å². The maximum atomic E-state index is 12.2. The van der Waals surface area contributed by atoms with Gasteiger partial charge in [-0.25, -0.2) is 0 Å². The van der Waals surface area contributed by atoms with E-state index in [9.17, 15) is 13.2 Å². The van der Waals surface area contributed by atoms with Crippen LogP contribution < -0.4 is 4.72 Å². The molecule has 0 aromatic rings. The summed E-state index contributed by atoms with van der Waals surface area (Å²) in [5.74, 6) is -0.577. The lowest BCUT2D eigenvalue weighted by Gasteiger charge is -2.24. The molecule has 1 atom stereocenters. The topological polar surface area (TPSA) is 86.7 Å². The Labute approximate surface area is 115 Å². The first-order valence-electron chi connectivity index (χ1n) is 6.76. The summed E-state index contributed by atoms with van der Waals surface area (Å²) in [4.78, 5) is 11.1. The van der Waals surface area contributed by atoms with Gasteiger partial charge in [0.2, 0.25) is 0 Å². The van der Waals surface area contributed by atoms with E-state index in [2.05, 4.69) is 4.72 Å². The fourth-order valence-electron chi connectivity index (χ4n) is 1.91. The number of nitrogens with zero attached hydrogens (tertiary/aromatic N) is 1. The number of aliphatic carboxylic acids is 1. The second-order valence-electron chi connectivity index (χ2n) is 5.54. The lowest BCUT2D eigenvalue weighted by atomic mass is 10.1. The lowest BCUT2D eigenvalue weighted by Crippen LogP contribution is -2.49. The van der Waals surface area contributed by atoms with Gasteiger partial charge in [0.15, 0.2) is 0 Å². The smallest absolute Gasteiger partial charge is 0.321 e. The second-order valence-corrected chi connectivity index (χ2v) is 7.24. The van der Waals surface area contributed by atoms with Crippen LogP contribution in [0, 0.1) is 11.8 Å². The number of rotatable bonds is 9. The maximum Gasteiger partial charge on any atom is 0.321 e. The Bertz CT molecular complexity index is 404. The molecule has 6 nitrogen and oxygen atoms in total. The summed E-state index contributed by atoms with van der Waals surface area (Å²) in [6.07, 6.45) is 2.40. The zero-order chi connectivity index (χ0) is 14.6. The highest BCUT2D eigenvalue weighted by atomic mass is 32.2. The monoisotopic (exact) mass is 292 g/mol. The number of hydrogen-bond donors (Lipinski definition) is 2. The normalized spacial score (nSPS) is 17.9. The summed E-state index contributed by atoms with van der Waals surface area (Å²) in [5.41, 5.74) is 0. The quantitative estimate of drug-likeness (QED) is 0.665. The average molecular weight is 292 g/mol. The maximum absolute atomic E-state index is 12.2. The van der Waals surface area contributed by atoms with Crippen molar-refractivity contribution in [1.29, 1.82) is 0 Å². The summed E-state index contributed by atoms with van der Waals surface area (Å²) in [7, 11) is -3.71. The summed E-state index contributed by atoms with van der Waals surface area (Å²) in [5, 5.41) is 9.09. The van der Waals surface area contributed by atoms with Crippen molar-refractivity contribution < 1.29 is 18.3 Å². The molecule has 0 aromatic carbocycles. The molecule has 1 unspecified atom stereocenters. The third-order valence-corrected chi connectivity index (χ3v) is 4.82. The second kappa shape index (κ2) is 6.67. The predicted molar refractivity (Wildman–Crippen MR) is 72.9 cm³/mol. The zero-order valence-electron chi connectivity index (χ0n) is 11.8. The first-order chi connectivity index (χ1) is 8.76. The predicted octanol–water partition coefficient (Wildman–Crippen LogP) is 1.05. The zero-order valence-corrected chi connectivity index (χ0v) is 12.6. The van der Waals surface area contributed by atoms with Crippen LogP contribution in [-0.2, 0) is 15.0 Å². The molecule has 1 saturated carbocycles. The van der Waals surface area contributed by atoms with E-state index in [1.807, 2.05) is 13.8 Å². The molecule has 0 spiro atoms. The van der Waals surface area contributed by atoms with Crippen molar-refractivity contribution in [2.75, 3.05) is 13.1 Å². The van der Waals surface area contributed by atoms with Crippen LogP contribution in [0.25, 0.3) is 0 Å². The Morgan fingerprint density at radius 2 is 2.00 bits per heavy atom. The molecule has 0 saturated heterocycles. The van der Waals surface area contributed by atoms with E-state index in [0.29, 0.717) is 19.0 Å². The van der Waals surface area contributed by atoms with Gasteiger partial charge < -0.3 is 5.11 Å². The molecule has 1 fully saturated rings. The molecule has 0 aliphatic heterocycles. The van der Waals surface area contributed by atoms with Crippen molar-refractivity contribution >= 4 is 16.2 Å². The van der Waals surface area contributed by atoms with E-state index >= 15 is 0 Å². The Morgan fingerprint density at radius 3 is 2.37 bits per heavy atom. The fraction of sp³-hybridized carbons (Fsp3) is 0.917. The van der Waals surface area contributed by atoms with Gasteiger partial charge in [-0.05, 0) is 31.1 Å². The van der Waals surface area contributed by atoms with Gasteiger partial charge in [-0.15, -0.1) is 0 Å². The van der Waals surface area contributed by atoms with Gasteiger partial charge in [-0.2, -0.15) is 17.4 Å². The molecule has 2 N–H and O–H groups in total. The van der Waals surface area contributed by atoms with Crippen LogP contribution in [0.2, 0.25) is 0 Å². The Hall–Kier alpha value is -0.660. The van der Waals surface area contributed by atoms with E-state index in [4.69, 9.17) is 5.11 Å². The van der Waals surface area contributed by atoms with E-state index in [-0.39, 0.29) is 12.3 Å².